The highest BCUT2D eigenvalue weighted by Gasteiger charge is 2.51. The van der Waals surface area contributed by atoms with Crippen molar-refractivity contribution in [2.45, 2.75) is 44.8 Å². The Hall–Kier alpha value is -3.21. The summed E-state index contributed by atoms with van der Waals surface area (Å²) in [5, 5.41) is 0. The fourth-order valence-electron chi connectivity index (χ4n) is 4.38. The molecule has 0 saturated carbocycles. The lowest BCUT2D eigenvalue weighted by Gasteiger charge is -2.32. The molecule has 0 aliphatic carbocycles. The SMILES string of the molecule is CC1(C)OB(c2ccc(-c3ccc(C(c4ccccc4)c4ccccc4)nc3)cc2)OC1(C)C. The highest BCUT2D eigenvalue weighted by Crippen LogP contribution is 2.36. The summed E-state index contributed by atoms with van der Waals surface area (Å²) < 4.78 is 12.4. The quantitative estimate of drug-likeness (QED) is 0.340. The van der Waals surface area contributed by atoms with Crippen LogP contribution in [-0.4, -0.2) is 23.3 Å². The van der Waals surface area contributed by atoms with Gasteiger partial charge in [0.2, 0.25) is 0 Å². The molecule has 0 bridgehead atoms. The van der Waals surface area contributed by atoms with Gasteiger partial charge >= 0.3 is 7.12 Å². The van der Waals surface area contributed by atoms with Gasteiger partial charge in [0, 0.05) is 11.8 Å². The van der Waals surface area contributed by atoms with Crippen molar-refractivity contribution >= 4 is 12.6 Å². The predicted molar refractivity (Wildman–Crippen MR) is 139 cm³/mol. The van der Waals surface area contributed by atoms with Crippen LogP contribution in [0, 0.1) is 0 Å². The third-order valence-corrected chi connectivity index (χ3v) is 7.12. The van der Waals surface area contributed by atoms with Gasteiger partial charge in [-0.15, -0.1) is 0 Å². The van der Waals surface area contributed by atoms with Crippen LogP contribution < -0.4 is 5.46 Å². The van der Waals surface area contributed by atoms with Crippen LogP contribution in [0.2, 0.25) is 0 Å². The standard InChI is InChI=1S/C30H30BNO2/c1-29(2)30(3,4)34-31(33-29)26-18-15-22(16-19-26)25-17-20-27(32-21-25)28(23-11-7-5-8-12-23)24-13-9-6-10-14-24/h5-21,28H,1-4H3. The van der Waals surface area contributed by atoms with Crippen LogP contribution in [0.1, 0.15) is 50.4 Å². The van der Waals surface area contributed by atoms with E-state index < -0.39 is 0 Å². The lowest BCUT2D eigenvalue weighted by molar-refractivity contribution is 0.00578. The summed E-state index contributed by atoms with van der Waals surface area (Å²) in [5.41, 5.74) is 6.06. The van der Waals surface area contributed by atoms with Gasteiger partial charge < -0.3 is 9.31 Å². The predicted octanol–water partition coefficient (Wildman–Crippen LogP) is 6.23. The molecule has 0 unspecified atom stereocenters. The average Bonchev–Trinajstić information content (AvgIpc) is 3.08. The number of nitrogens with zero attached hydrogens (tertiary/aromatic N) is 1. The summed E-state index contributed by atoms with van der Waals surface area (Å²) in [6.45, 7) is 8.30. The van der Waals surface area contributed by atoms with E-state index in [1.807, 2.05) is 6.20 Å². The van der Waals surface area contributed by atoms with Gasteiger partial charge in [0.15, 0.2) is 0 Å². The molecule has 3 aromatic carbocycles. The van der Waals surface area contributed by atoms with E-state index in [0.717, 1.165) is 22.3 Å². The number of hydrogen-bond acceptors (Lipinski definition) is 3. The molecule has 1 aliphatic rings. The summed E-state index contributed by atoms with van der Waals surface area (Å²) in [7, 11) is -0.350. The highest BCUT2D eigenvalue weighted by atomic mass is 16.7. The van der Waals surface area contributed by atoms with E-state index in [1.54, 1.807) is 0 Å². The van der Waals surface area contributed by atoms with E-state index in [1.165, 1.54) is 11.1 Å². The van der Waals surface area contributed by atoms with Crippen LogP contribution in [0.25, 0.3) is 11.1 Å². The van der Waals surface area contributed by atoms with Crippen LogP contribution in [0.5, 0.6) is 0 Å². The summed E-state index contributed by atoms with van der Waals surface area (Å²) in [4.78, 5) is 4.90. The van der Waals surface area contributed by atoms with Gasteiger partial charge in [-0.25, -0.2) is 0 Å². The molecule has 4 aromatic rings. The first-order valence-corrected chi connectivity index (χ1v) is 11.9. The Balaban J connectivity index is 1.40. The Morgan fingerprint density at radius 2 is 1.12 bits per heavy atom. The van der Waals surface area contributed by atoms with E-state index >= 15 is 0 Å². The normalized spacial score (nSPS) is 16.7. The Bertz CT molecular complexity index is 1180. The molecule has 0 radical (unpaired) electrons. The minimum atomic E-state index is -0.350. The zero-order valence-corrected chi connectivity index (χ0v) is 20.2. The van der Waals surface area contributed by atoms with E-state index in [4.69, 9.17) is 14.3 Å². The van der Waals surface area contributed by atoms with Gasteiger partial charge in [-0.2, -0.15) is 0 Å². The molecule has 170 valence electrons. The first-order valence-electron chi connectivity index (χ1n) is 11.9. The smallest absolute Gasteiger partial charge is 0.399 e. The van der Waals surface area contributed by atoms with E-state index in [2.05, 4.69) is 125 Å². The molecule has 0 atom stereocenters. The molecule has 34 heavy (non-hydrogen) atoms. The molecule has 1 aliphatic heterocycles. The fraction of sp³-hybridized carbons (Fsp3) is 0.233. The molecule has 0 spiro atoms. The molecule has 0 N–H and O–H groups in total. The van der Waals surface area contributed by atoms with Crippen molar-refractivity contribution < 1.29 is 9.31 Å². The van der Waals surface area contributed by atoms with Gasteiger partial charge in [0.25, 0.3) is 0 Å². The molecule has 5 rings (SSSR count). The lowest BCUT2D eigenvalue weighted by Crippen LogP contribution is -2.41. The molecule has 2 heterocycles. The maximum atomic E-state index is 6.19. The van der Waals surface area contributed by atoms with Gasteiger partial charge in [0.1, 0.15) is 0 Å². The maximum Gasteiger partial charge on any atom is 0.494 e. The van der Waals surface area contributed by atoms with Crippen LogP contribution in [-0.2, 0) is 9.31 Å². The lowest BCUT2D eigenvalue weighted by atomic mass is 9.78. The number of rotatable bonds is 5. The number of benzene rings is 3. The van der Waals surface area contributed by atoms with Crippen molar-refractivity contribution in [2.75, 3.05) is 0 Å². The van der Waals surface area contributed by atoms with Crippen molar-refractivity contribution in [3.8, 4) is 11.1 Å². The van der Waals surface area contributed by atoms with Crippen molar-refractivity contribution in [2.24, 2.45) is 0 Å². The minimum absolute atomic E-state index is 0.0993. The molecule has 1 saturated heterocycles. The third-order valence-electron chi connectivity index (χ3n) is 7.12. The zero-order valence-electron chi connectivity index (χ0n) is 20.2. The van der Waals surface area contributed by atoms with Crippen LogP contribution in [0.4, 0.5) is 0 Å². The van der Waals surface area contributed by atoms with Crippen LogP contribution in [0.15, 0.2) is 103 Å². The number of hydrogen-bond donors (Lipinski definition) is 0. The minimum Gasteiger partial charge on any atom is -0.399 e. The van der Waals surface area contributed by atoms with Crippen LogP contribution in [0.3, 0.4) is 0 Å². The van der Waals surface area contributed by atoms with Gasteiger partial charge in [0.05, 0.1) is 22.8 Å². The second-order valence-corrected chi connectivity index (χ2v) is 9.94. The van der Waals surface area contributed by atoms with Crippen molar-refractivity contribution in [1.29, 1.82) is 0 Å². The molecule has 3 nitrogen and oxygen atoms in total. The topological polar surface area (TPSA) is 31.4 Å². The first-order chi connectivity index (χ1) is 16.3. The maximum absolute atomic E-state index is 6.19. The average molecular weight is 447 g/mol. The Morgan fingerprint density at radius 1 is 0.618 bits per heavy atom. The first kappa shape index (κ1) is 22.6. The van der Waals surface area contributed by atoms with E-state index in [9.17, 15) is 0 Å². The third kappa shape index (κ3) is 4.32. The summed E-state index contributed by atoms with van der Waals surface area (Å²) in [5.74, 6) is 0.0993. The second kappa shape index (κ2) is 8.86. The van der Waals surface area contributed by atoms with Crippen molar-refractivity contribution in [1.82, 2.24) is 4.98 Å². The monoisotopic (exact) mass is 447 g/mol. The van der Waals surface area contributed by atoms with Gasteiger partial charge in [-0.3, -0.25) is 4.98 Å². The molecule has 4 heteroatoms. The molecule has 1 fully saturated rings. The molecular formula is C30H30BNO2. The zero-order chi connectivity index (χ0) is 23.8. The van der Waals surface area contributed by atoms with Gasteiger partial charge in [-0.1, -0.05) is 91.0 Å². The number of pyridine rings is 1. The summed E-state index contributed by atoms with van der Waals surface area (Å²) >= 11 is 0. The van der Waals surface area contributed by atoms with E-state index in [0.29, 0.717) is 0 Å². The molecular weight excluding hydrogens is 417 g/mol. The Kier molecular flexibility index (Phi) is 5.89. The summed E-state index contributed by atoms with van der Waals surface area (Å²) in [6.07, 6.45) is 1.97. The van der Waals surface area contributed by atoms with E-state index in [-0.39, 0.29) is 24.2 Å². The Morgan fingerprint density at radius 3 is 1.59 bits per heavy atom. The fourth-order valence-corrected chi connectivity index (χ4v) is 4.38. The number of aromatic nitrogens is 1. The Labute approximate surface area is 202 Å². The molecule has 0 amide bonds. The van der Waals surface area contributed by atoms with Crippen molar-refractivity contribution in [3.63, 3.8) is 0 Å². The largest absolute Gasteiger partial charge is 0.494 e. The van der Waals surface area contributed by atoms with Crippen molar-refractivity contribution in [3.05, 3.63) is 120 Å². The molecule has 1 aromatic heterocycles. The second-order valence-electron chi connectivity index (χ2n) is 9.94. The van der Waals surface area contributed by atoms with Crippen LogP contribution >= 0.6 is 0 Å². The highest BCUT2D eigenvalue weighted by molar-refractivity contribution is 6.62. The van der Waals surface area contributed by atoms with Gasteiger partial charge in [-0.05, 0) is 55.9 Å². The summed E-state index contributed by atoms with van der Waals surface area (Å²) in [6, 6.07) is 33.8.